The molecule has 0 radical (unpaired) electrons. The van der Waals surface area contributed by atoms with E-state index in [1.165, 1.54) is 4.31 Å². The Kier molecular flexibility index (Phi) is 4.79. The summed E-state index contributed by atoms with van der Waals surface area (Å²) in [5.41, 5.74) is 0.404. The molecule has 2 aliphatic rings. The van der Waals surface area contributed by atoms with Crippen molar-refractivity contribution < 1.29 is 18.0 Å². The fourth-order valence-electron chi connectivity index (χ4n) is 3.11. The third-order valence-corrected chi connectivity index (χ3v) is 6.43. The topological polar surface area (TPSA) is 92.2 Å². The molecular weight excluding hydrogens is 344 g/mol. The van der Waals surface area contributed by atoms with Gasteiger partial charge in [-0.1, -0.05) is 11.2 Å². The van der Waals surface area contributed by atoms with Gasteiger partial charge in [0.15, 0.2) is 5.60 Å². The normalized spacial score (nSPS) is 23.5. The van der Waals surface area contributed by atoms with Gasteiger partial charge in [0.25, 0.3) is 5.91 Å². The molecule has 1 amide bonds. The molecule has 1 aromatic heterocycles. The first-order valence-electron chi connectivity index (χ1n) is 8.23. The maximum absolute atomic E-state index is 12.6. The minimum atomic E-state index is -3.26. The van der Waals surface area contributed by atoms with Gasteiger partial charge in [0.1, 0.15) is 5.71 Å². The van der Waals surface area contributed by atoms with Crippen molar-refractivity contribution in [3.05, 3.63) is 30.1 Å². The highest BCUT2D eigenvalue weighted by molar-refractivity contribution is 7.89. The number of amides is 1. The van der Waals surface area contributed by atoms with E-state index in [4.69, 9.17) is 4.84 Å². The van der Waals surface area contributed by atoms with Gasteiger partial charge in [-0.15, -0.1) is 0 Å². The summed E-state index contributed by atoms with van der Waals surface area (Å²) < 4.78 is 25.5. The molecule has 1 aromatic rings. The average Bonchev–Trinajstić information content (AvgIpc) is 3.23. The van der Waals surface area contributed by atoms with E-state index in [9.17, 15) is 13.2 Å². The number of pyridine rings is 1. The number of carbonyl (C=O) groups is 1. The second-order valence-electron chi connectivity index (χ2n) is 6.46. The summed E-state index contributed by atoms with van der Waals surface area (Å²) >= 11 is 0. The summed E-state index contributed by atoms with van der Waals surface area (Å²) in [6.45, 7) is 2.64. The maximum atomic E-state index is 12.6. The van der Waals surface area contributed by atoms with Crippen LogP contribution in [0.4, 0.5) is 0 Å². The van der Waals surface area contributed by atoms with Crippen molar-refractivity contribution >= 4 is 21.6 Å². The minimum Gasteiger partial charge on any atom is -0.387 e. The van der Waals surface area contributed by atoms with Crippen LogP contribution in [-0.4, -0.2) is 65.7 Å². The second kappa shape index (κ2) is 6.72. The number of carbonyl (C=O) groups excluding carboxylic acids is 1. The van der Waals surface area contributed by atoms with Crippen molar-refractivity contribution in [3.63, 3.8) is 0 Å². The van der Waals surface area contributed by atoms with E-state index in [0.717, 1.165) is 5.69 Å². The number of oxime groups is 1. The lowest BCUT2D eigenvalue weighted by atomic mass is 9.96. The zero-order chi connectivity index (χ0) is 18.1. The van der Waals surface area contributed by atoms with Crippen molar-refractivity contribution in [2.24, 2.45) is 5.16 Å². The summed E-state index contributed by atoms with van der Waals surface area (Å²) in [6, 6.07) is 5.54. The third kappa shape index (κ3) is 3.67. The van der Waals surface area contributed by atoms with Gasteiger partial charge in [-0.25, -0.2) is 8.42 Å². The molecule has 1 spiro atoms. The molecule has 0 aliphatic carbocycles. The molecule has 0 unspecified atom stereocenters. The predicted octanol–water partition coefficient (Wildman–Crippen LogP) is 0.611. The van der Waals surface area contributed by atoms with Gasteiger partial charge in [-0.05, 0) is 19.1 Å². The lowest BCUT2D eigenvalue weighted by Crippen LogP contribution is -2.39. The molecule has 25 heavy (non-hydrogen) atoms. The molecule has 3 rings (SSSR count). The maximum Gasteiger partial charge on any atom is 0.271 e. The molecule has 0 bridgehead atoms. The van der Waals surface area contributed by atoms with Crippen molar-refractivity contribution in [2.45, 2.75) is 31.9 Å². The number of nitrogens with zero attached hydrogens (tertiary/aromatic N) is 4. The molecule has 9 heteroatoms. The summed E-state index contributed by atoms with van der Waals surface area (Å²) in [5.74, 6) is -0.165. The Morgan fingerprint density at radius 1 is 1.44 bits per heavy atom. The molecular formula is C16H22N4O4S. The summed E-state index contributed by atoms with van der Waals surface area (Å²) in [4.78, 5) is 23.9. The molecule has 3 heterocycles. The third-order valence-electron chi connectivity index (χ3n) is 4.60. The minimum absolute atomic E-state index is 0.0581. The molecule has 0 saturated carbocycles. The zero-order valence-electron chi connectivity index (χ0n) is 14.4. The molecule has 1 atom stereocenters. The smallest absolute Gasteiger partial charge is 0.271 e. The highest BCUT2D eigenvalue weighted by Crippen LogP contribution is 2.35. The van der Waals surface area contributed by atoms with Gasteiger partial charge in [0.2, 0.25) is 10.0 Å². The van der Waals surface area contributed by atoms with Crippen LogP contribution < -0.4 is 0 Å². The Morgan fingerprint density at radius 2 is 2.24 bits per heavy atom. The van der Waals surface area contributed by atoms with Gasteiger partial charge in [-0.3, -0.25) is 9.78 Å². The van der Waals surface area contributed by atoms with Crippen LogP contribution in [0.3, 0.4) is 0 Å². The van der Waals surface area contributed by atoms with E-state index in [-0.39, 0.29) is 18.2 Å². The van der Waals surface area contributed by atoms with E-state index in [1.54, 1.807) is 25.1 Å². The highest BCUT2D eigenvalue weighted by Gasteiger charge is 2.49. The van der Waals surface area contributed by atoms with Gasteiger partial charge >= 0.3 is 0 Å². The first kappa shape index (κ1) is 17.8. The predicted molar refractivity (Wildman–Crippen MR) is 92.2 cm³/mol. The van der Waals surface area contributed by atoms with Crippen LogP contribution >= 0.6 is 0 Å². The molecule has 0 N–H and O–H groups in total. The van der Waals surface area contributed by atoms with E-state index in [0.29, 0.717) is 31.6 Å². The molecule has 136 valence electrons. The van der Waals surface area contributed by atoms with E-state index >= 15 is 0 Å². The lowest BCUT2D eigenvalue weighted by molar-refractivity contribution is -0.123. The standard InChI is InChI=1S/C16H22N4O4S/c1-3-25(22,23)20-9-7-16(12-20)10-14(18-24-16)15(21)19(2)11-13-6-4-5-8-17-13/h4-6,8H,3,7,9-12H2,1-2H3/t16-/m0/s1. The molecule has 1 saturated heterocycles. The molecule has 0 aromatic carbocycles. The number of hydrogen-bond acceptors (Lipinski definition) is 6. The molecule has 8 nitrogen and oxygen atoms in total. The van der Waals surface area contributed by atoms with Gasteiger partial charge in [0.05, 0.1) is 24.5 Å². The van der Waals surface area contributed by atoms with Crippen LogP contribution in [0.5, 0.6) is 0 Å². The second-order valence-corrected chi connectivity index (χ2v) is 8.71. The first-order chi connectivity index (χ1) is 11.9. The Labute approximate surface area is 147 Å². The van der Waals surface area contributed by atoms with Gasteiger partial charge < -0.3 is 9.74 Å². The fourth-order valence-corrected chi connectivity index (χ4v) is 4.28. The van der Waals surface area contributed by atoms with Crippen molar-refractivity contribution in [3.8, 4) is 0 Å². The Morgan fingerprint density at radius 3 is 2.92 bits per heavy atom. The van der Waals surface area contributed by atoms with E-state index in [2.05, 4.69) is 10.1 Å². The van der Waals surface area contributed by atoms with Gasteiger partial charge in [-0.2, -0.15) is 4.31 Å². The van der Waals surface area contributed by atoms with Crippen LogP contribution in [0.25, 0.3) is 0 Å². The Bertz CT molecular complexity index is 781. The van der Waals surface area contributed by atoms with E-state index in [1.807, 2.05) is 18.2 Å². The van der Waals surface area contributed by atoms with Crippen LogP contribution in [0.2, 0.25) is 0 Å². The average molecular weight is 366 g/mol. The first-order valence-corrected chi connectivity index (χ1v) is 9.84. The summed E-state index contributed by atoms with van der Waals surface area (Å²) in [6.07, 6.45) is 2.55. The van der Waals surface area contributed by atoms with Crippen LogP contribution in [0.15, 0.2) is 29.6 Å². The zero-order valence-corrected chi connectivity index (χ0v) is 15.2. The SMILES string of the molecule is CCS(=O)(=O)N1CC[C@]2(CC(C(=O)N(C)Cc3ccccn3)=NO2)C1. The van der Waals surface area contributed by atoms with Crippen LogP contribution in [-0.2, 0) is 26.2 Å². The van der Waals surface area contributed by atoms with Crippen molar-refractivity contribution in [1.29, 1.82) is 0 Å². The summed E-state index contributed by atoms with van der Waals surface area (Å²) in [5, 5.41) is 3.96. The Balaban J connectivity index is 1.62. The number of aromatic nitrogens is 1. The van der Waals surface area contributed by atoms with E-state index < -0.39 is 15.6 Å². The fraction of sp³-hybridized carbons (Fsp3) is 0.562. The largest absolute Gasteiger partial charge is 0.387 e. The quantitative estimate of drug-likeness (QED) is 0.761. The van der Waals surface area contributed by atoms with Gasteiger partial charge in [0, 0.05) is 32.6 Å². The highest BCUT2D eigenvalue weighted by atomic mass is 32.2. The number of rotatable bonds is 5. The monoisotopic (exact) mass is 366 g/mol. The van der Waals surface area contributed by atoms with Crippen LogP contribution in [0.1, 0.15) is 25.5 Å². The van der Waals surface area contributed by atoms with Crippen LogP contribution in [0, 0.1) is 0 Å². The Hall–Kier alpha value is -2.00. The number of hydrogen-bond donors (Lipinski definition) is 0. The summed E-state index contributed by atoms with van der Waals surface area (Å²) in [7, 11) is -1.57. The van der Waals surface area contributed by atoms with Crippen molar-refractivity contribution in [1.82, 2.24) is 14.2 Å². The molecule has 2 aliphatic heterocycles. The molecule has 1 fully saturated rings. The lowest BCUT2D eigenvalue weighted by Gasteiger charge is -2.21. The number of sulfonamides is 1. The van der Waals surface area contributed by atoms with Crippen molar-refractivity contribution in [2.75, 3.05) is 25.9 Å².